The largest absolute Gasteiger partial charge is 0.759 e. The van der Waals surface area contributed by atoms with Crippen LogP contribution in [0.25, 0.3) is 0 Å². The van der Waals surface area contributed by atoms with E-state index < -0.39 is 10.4 Å². The first kappa shape index (κ1) is 14.4. The van der Waals surface area contributed by atoms with Gasteiger partial charge in [0.05, 0.1) is 0 Å². The molecule has 0 aromatic heterocycles. The molecule has 0 unspecified atom stereocenters. The third-order valence-electron chi connectivity index (χ3n) is 1.19. The van der Waals surface area contributed by atoms with Gasteiger partial charge in [0.15, 0.2) is 0 Å². The summed E-state index contributed by atoms with van der Waals surface area (Å²) in [5.41, 5.74) is 0.690. The van der Waals surface area contributed by atoms with Gasteiger partial charge >= 0.3 is 0 Å². The number of carbonyl (C=O) groups is 1. The van der Waals surface area contributed by atoms with Crippen molar-refractivity contribution in [1.82, 2.24) is 0 Å². The number of nitrogens with one attached hydrogen (secondary N) is 1. The van der Waals surface area contributed by atoms with Gasteiger partial charge in [-0.15, -0.1) is 0 Å². The molecule has 0 saturated carbocycles. The zero-order chi connectivity index (χ0) is 12.8. The zero-order valence-corrected chi connectivity index (χ0v) is 9.02. The van der Waals surface area contributed by atoms with Crippen molar-refractivity contribution >= 4 is 22.0 Å². The van der Waals surface area contributed by atoms with Crippen LogP contribution < -0.4 is 5.32 Å². The molecular weight excluding hydrogens is 238 g/mol. The van der Waals surface area contributed by atoms with Gasteiger partial charge in [-0.3, -0.25) is 13.2 Å². The molecule has 1 aromatic rings. The summed E-state index contributed by atoms with van der Waals surface area (Å²) in [6, 6.07) is 6.31. The Bertz CT molecular complexity index is 430. The standard InChI is InChI=1S/C8H9NO2.H2O4S/c1-6(10)9-7-2-4-8(11)5-3-7;1-5(2,3)4/h2-5,11H,1H3,(H,9,10);(H2,1,2,3,4)/p-2. The molecular formula is C8H9NO6S-2. The van der Waals surface area contributed by atoms with E-state index >= 15 is 0 Å². The summed E-state index contributed by atoms with van der Waals surface area (Å²) in [6.45, 7) is 1.44. The van der Waals surface area contributed by atoms with E-state index in [1.165, 1.54) is 19.1 Å². The number of hydrogen-bond donors (Lipinski definition) is 2. The van der Waals surface area contributed by atoms with Crippen molar-refractivity contribution in [3.63, 3.8) is 0 Å². The lowest BCUT2D eigenvalue weighted by Gasteiger charge is -2.06. The maximum absolute atomic E-state index is 10.5. The first-order chi connectivity index (χ1) is 7.18. The van der Waals surface area contributed by atoms with E-state index in [1.807, 2.05) is 0 Å². The predicted octanol–water partition coefficient (Wildman–Crippen LogP) is 0.0126. The minimum absolute atomic E-state index is 0.115. The maximum Gasteiger partial charge on any atom is 0.221 e. The van der Waals surface area contributed by atoms with Gasteiger partial charge in [-0.1, -0.05) is 0 Å². The van der Waals surface area contributed by atoms with Crippen LogP contribution in [-0.2, 0) is 15.2 Å². The van der Waals surface area contributed by atoms with Gasteiger partial charge in [0, 0.05) is 23.0 Å². The fraction of sp³-hybridized carbons (Fsp3) is 0.125. The van der Waals surface area contributed by atoms with Crippen LogP contribution in [0.1, 0.15) is 6.92 Å². The van der Waals surface area contributed by atoms with E-state index in [9.17, 15) is 4.79 Å². The molecule has 0 spiro atoms. The topological polar surface area (TPSA) is 130 Å². The lowest BCUT2D eigenvalue weighted by molar-refractivity contribution is -0.114. The van der Waals surface area contributed by atoms with Crippen LogP contribution in [0.3, 0.4) is 0 Å². The first-order valence-corrected chi connectivity index (χ1v) is 5.25. The highest BCUT2D eigenvalue weighted by molar-refractivity contribution is 7.79. The summed E-state index contributed by atoms with van der Waals surface area (Å²) in [7, 11) is -5.17. The molecule has 0 saturated heterocycles. The molecule has 1 rings (SSSR count). The summed E-state index contributed by atoms with van der Waals surface area (Å²) in [4.78, 5) is 10.5. The van der Waals surface area contributed by atoms with Gasteiger partial charge in [-0.25, -0.2) is 0 Å². The monoisotopic (exact) mass is 247 g/mol. The molecule has 7 nitrogen and oxygen atoms in total. The van der Waals surface area contributed by atoms with Crippen molar-refractivity contribution in [2.45, 2.75) is 6.92 Å². The van der Waals surface area contributed by atoms with Crippen LogP contribution in [0.4, 0.5) is 5.69 Å². The van der Waals surface area contributed by atoms with Crippen LogP contribution in [0.2, 0.25) is 0 Å². The Labute approximate surface area is 92.3 Å². The lowest BCUT2D eigenvalue weighted by atomic mass is 10.3. The molecule has 0 bridgehead atoms. The first-order valence-electron chi connectivity index (χ1n) is 3.92. The minimum Gasteiger partial charge on any atom is -0.759 e. The van der Waals surface area contributed by atoms with E-state index in [1.54, 1.807) is 12.1 Å². The van der Waals surface area contributed by atoms with Crippen molar-refractivity contribution in [3.8, 4) is 5.75 Å². The molecule has 0 aliphatic carbocycles. The summed E-state index contributed by atoms with van der Waals surface area (Å²) in [6.07, 6.45) is 0. The van der Waals surface area contributed by atoms with Gasteiger partial charge in [-0.05, 0) is 24.3 Å². The molecule has 0 atom stereocenters. The van der Waals surface area contributed by atoms with Gasteiger partial charge in [-0.2, -0.15) is 0 Å². The summed E-state index contributed by atoms with van der Waals surface area (Å²) in [5.74, 6) is 0.0785. The van der Waals surface area contributed by atoms with E-state index in [0.717, 1.165) is 0 Å². The number of anilines is 1. The van der Waals surface area contributed by atoms with E-state index in [0.29, 0.717) is 5.69 Å². The second-order valence-corrected chi connectivity index (χ2v) is 3.45. The maximum atomic E-state index is 10.5. The summed E-state index contributed by atoms with van der Waals surface area (Å²) >= 11 is 0. The Hall–Kier alpha value is -1.64. The quantitative estimate of drug-likeness (QED) is 0.408. The number of hydrogen-bond acceptors (Lipinski definition) is 6. The third-order valence-corrected chi connectivity index (χ3v) is 1.19. The second kappa shape index (κ2) is 6.05. The van der Waals surface area contributed by atoms with Crippen molar-refractivity contribution in [1.29, 1.82) is 0 Å². The van der Waals surface area contributed by atoms with Crippen LogP contribution in [-0.4, -0.2) is 28.5 Å². The van der Waals surface area contributed by atoms with Crippen molar-refractivity contribution in [3.05, 3.63) is 24.3 Å². The summed E-state index contributed by atoms with van der Waals surface area (Å²) in [5, 5.41) is 11.5. The number of carbonyl (C=O) groups excluding carboxylic acids is 1. The Morgan fingerprint density at radius 3 is 1.94 bits per heavy atom. The minimum atomic E-state index is -5.17. The number of phenolic OH excluding ortho intramolecular Hbond substituents is 1. The number of aromatic hydroxyl groups is 1. The Morgan fingerprint density at radius 1 is 1.25 bits per heavy atom. The second-order valence-electron chi connectivity index (χ2n) is 2.64. The molecule has 2 N–H and O–H groups in total. The van der Waals surface area contributed by atoms with Crippen molar-refractivity contribution in [2.75, 3.05) is 5.32 Å². The fourth-order valence-corrected chi connectivity index (χ4v) is 0.748. The van der Waals surface area contributed by atoms with Crippen molar-refractivity contribution < 1.29 is 27.4 Å². The number of benzene rings is 1. The molecule has 90 valence electrons. The molecule has 1 amide bonds. The number of phenols is 1. The smallest absolute Gasteiger partial charge is 0.221 e. The average molecular weight is 247 g/mol. The van der Waals surface area contributed by atoms with Gasteiger partial charge in [0.2, 0.25) is 5.91 Å². The highest BCUT2D eigenvalue weighted by atomic mass is 32.3. The van der Waals surface area contributed by atoms with Crippen LogP contribution in [0.5, 0.6) is 5.75 Å². The Kier molecular flexibility index (Phi) is 5.43. The molecule has 8 heteroatoms. The normalized spacial score (nSPS) is 9.94. The van der Waals surface area contributed by atoms with E-state index in [4.69, 9.17) is 22.6 Å². The molecule has 0 fully saturated rings. The van der Waals surface area contributed by atoms with Gasteiger partial charge in [0.25, 0.3) is 0 Å². The average Bonchev–Trinajstić information content (AvgIpc) is 2.05. The van der Waals surface area contributed by atoms with E-state index in [2.05, 4.69) is 5.32 Å². The predicted molar refractivity (Wildman–Crippen MR) is 52.9 cm³/mol. The zero-order valence-electron chi connectivity index (χ0n) is 8.21. The molecule has 0 radical (unpaired) electrons. The molecule has 1 aromatic carbocycles. The molecule has 0 aliphatic heterocycles. The molecule has 16 heavy (non-hydrogen) atoms. The fourth-order valence-electron chi connectivity index (χ4n) is 0.748. The van der Waals surface area contributed by atoms with Crippen LogP contribution in [0.15, 0.2) is 24.3 Å². The summed E-state index contributed by atoms with van der Waals surface area (Å²) < 4.78 is 34.1. The van der Waals surface area contributed by atoms with Gasteiger partial charge in [0.1, 0.15) is 5.75 Å². The highest BCUT2D eigenvalue weighted by Gasteiger charge is 1.93. The van der Waals surface area contributed by atoms with Crippen LogP contribution >= 0.6 is 0 Å². The highest BCUT2D eigenvalue weighted by Crippen LogP contribution is 2.13. The van der Waals surface area contributed by atoms with Crippen LogP contribution in [0, 0.1) is 0 Å². The SMILES string of the molecule is CC(=O)Nc1ccc(O)cc1.O=S(=O)([O-])[O-]. The lowest BCUT2D eigenvalue weighted by Crippen LogP contribution is -2.04. The number of amides is 1. The third kappa shape index (κ3) is 10.4. The van der Waals surface area contributed by atoms with Crippen molar-refractivity contribution in [2.24, 2.45) is 0 Å². The van der Waals surface area contributed by atoms with E-state index in [-0.39, 0.29) is 11.7 Å². The molecule has 0 heterocycles. The Morgan fingerprint density at radius 2 is 1.62 bits per heavy atom. The molecule has 0 aliphatic rings. The number of rotatable bonds is 1. The Balaban J connectivity index is 0.000000385. The van der Waals surface area contributed by atoms with Gasteiger partial charge < -0.3 is 19.5 Å².